The first kappa shape index (κ1) is 14.8. The second kappa shape index (κ2) is 6.73. The van der Waals surface area contributed by atoms with Gasteiger partial charge in [-0.15, -0.1) is 11.3 Å². The van der Waals surface area contributed by atoms with E-state index in [1.165, 1.54) is 25.7 Å². The molecule has 0 aliphatic carbocycles. The summed E-state index contributed by atoms with van der Waals surface area (Å²) < 4.78 is 1.23. The number of halogens is 1. The van der Waals surface area contributed by atoms with Crippen LogP contribution in [0.3, 0.4) is 0 Å². The fourth-order valence-corrected chi connectivity index (χ4v) is 4.30. The highest BCUT2D eigenvalue weighted by atomic mass is 79.9. The Labute approximate surface area is 138 Å². The molecule has 1 aromatic heterocycles. The fourth-order valence-electron chi connectivity index (χ4n) is 2.71. The molecule has 3 heteroatoms. The molecule has 1 unspecified atom stereocenters. The molecule has 0 aliphatic rings. The Morgan fingerprint density at radius 1 is 1.05 bits per heavy atom. The highest BCUT2D eigenvalue weighted by Crippen LogP contribution is 2.26. The molecule has 0 amide bonds. The van der Waals surface area contributed by atoms with Gasteiger partial charge in [0.25, 0.3) is 0 Å². The van der Waals surface area contributed by atoms with Crippen LogP contribution in [0.2, 0.25) is 0 Å². The normalized spacial score (nSPS) is 12.7. The average Bonchev–Trinajstić information content (AvgIpc) is 2.92. The number of rotatable bonds is 5. The number of benzene rings is 2. The van der Waals surface area contributed by atoms with Crippen molar-refractivity contribution in [1.29, 1.82) is 0 Å². The molecule has 1 N–H and O–H groups in total. The first-order valence-corrected chi connectivity index (χ1v) is 8.81. The third-order valence-electron chi connectivity index (χ3n) is 3.88. The van der Waals surface area contributed by atoms with E-state index < -0.39 is 0 Å². The number of likely N-dealkylation sites (N-methyl/N-ethyl adjacent to an activating group) is 1. The summed E-state index contributed by atoms with van der Waals surface area (Å²) in [5.41, 5.74) is 1.42. The minimum Gasteiger partial charge on any atom is -0.316 e. The van der Waals surface area contributed by atoms with Crippen molar-refractivity contribution in [3.05, 3.63) is 68.8 Å². The van der Waals surface area contributed by atoms with Gasteiger partial charge in [0, 0.05) is 15.4 Å². The van der Waals surface area contributed by atoms with Crippen LogP contribution in [0.25, 0.3) is 10.8 Å². The van der Waals surface area contributed by atoms with E-state index >= 15 is 0 Å². The molecule has 0 radical (unpaired) electrons. The molecule has 21 heavy (non-hydrogen) atoms. The molecule has 0 fully saturated rings. The van der Waals surface area contributed by atoms with Crippen molar-refractivity contribution in [2.24, 2.45) is 0 Å². The third-order valence-corrected chi connectivity index (χ3v) is 5.83. The van der Waals surface area contributed by atoms with Gasteiger partial charge in [-0.2, -0.15) is 0 Å². The van der Waals surface area contributed by atoms with E-state index in [0.717, 1.165) is 12.8 Å². The second-order valence-corrected chi connectivity index (χ2v) is 7.08. The highest BCUT2D eigenvalue weighted by Gasteiger charge is 2.13. The lowest BCUT2D eigenvalue weighted by molar-refractivity contribution is 0.561. The monoisotopic (exact) mass is 359 g/mol. The van der Waals surface area contributed by atoms with Crippen LogP contribution in [0.4, 0.5) is 0 Å². The standard InChI is InChI=1S/C18H18BrNS/c1-20-15(12-18-17(19)9-10-21-18)11-14-7-4-6-13-5-2-3-8-16(13)14/h2-10,15,20H,11-12H2,1H3. The molecule has 1 nitrogen and oxygen atoms in total. The van der Waals surface area contributed by atoms with E-state index in [9.17, 15) is 0 Å². The van der Waals surface area contributed by atoms with Crippen LogP contribution in [-0.2, 0) is 12.8 Å². The van der Waals surface area contributed by atoms with Gasteiger partial charge in [-0.05, 0) is 63.6 Å². The number of hydrogen-bond acceptors (Lipinski definition) is 2. The fraction of sp³-hybridized carbons (Fsp3) is 0.222. The van der Waals surface area contributed by atoms with E-state index in [4.69, 9.17) is 0 Å². The summed E-state index contributed by atoms with van der Waals surface area (Å²) in [6, 6.07) is 17.8. The van der Waals surface area contributed by atoms with Crippen LogP contribution in [0.15, 0.2) is 58.4 Å². The van der Waals surface area contributed by atoms with Crippen LogP contribution in [0.1, 0.15) is 10.4 Å². The third kappa shape index (κ3) is 3.37. The van der Waals surface area contributed by atoms with Crippen molar-refractivity contribution < 1.29 is 0 Å². The molecule has 0 spiro atoms. The van der Waals surface area contributed by atoms with Crippen LogP contribution in [0.5, 0.6) is 0 Å². The largest absolute Gasteiger partial charge is 0.316 e. The van der Waals surface area contributed by atoms with Gasteiger partial charge in [-0.25, -0.2) is 0 Å². The van der Waals surface area contributed by atoms with E-state index in [1.807, 2.05) is 11.3 Å². The van der Waals surface area contributed by atoms with Gasteiger partial charge in [0.2, 0.25) is 0 Å². The van der Waals surface area contributed by atoms with Crippen molar-refractivity contribution in [3.63, 3.8) is 0 Å². The van der Waals surface area contributed by atoms with Gasteiger partial charge >= 0.3 is 0 Å². The predicted octanol–water partition coefficient (Wildman–Crippen LogP) is 5.04. The minimum absolute atomic E-state index is 0.450. The Morgan fingerprint density at radius 2 is 1.86 bits per heavy atom. The highest BCUT2D eigenvalue weighted by molar-refractivity contribution is 9.10. The molecule has 3 rings (SSSR count). The molecule has 0 bridgehead atoms. The molecule has 0 aliphatic heterocycles. The Bertz CT molecular complexity index is 729. The summed E-state index contributed by atoms with van der Waals surface area (Å²) in [6.07, 6.45) is 2.10. The van der Waals surface area contributed by atoms with Gasteiger partial charge in [-0.1, -0.05) is 42.5 Å². The van der Waals surface area contributed by atoms with Crippen molar-refractivity contribution in [2.45, 2.75) is 18.9 Å². The van der Waals surface area contributed by atoms with E-state index in [2.05, 4.69) is 82.2 Å². The van der Waals surface area contributed by atoms with Crippen LogP contribution >= 0.6 is 27.3 Å². The van der Waals surface area contributed by atoms with Gasteiger partial charge in [-0.3, -0.25) is 0 Å². The minimum atomic E-state index is 0.450. The first-order valence-electron chi connectivity index (χ1n) is 7.13. The van der Waals surface area contributed by atoms with Gasteiger partial charge < -0.3 is 5.32 Å². The maximum Gasteiger partial charge on any atom is 0.0314 e. The van der Waals surface area contributed by atoms with Gasteiger partial charge in [0.1, 0.15) is 0 Å². The summed E-state index contributed by atoms with van der Waals surface area (Å²) >= 11 is 5.45. The predicted molar refractivity (Wildman–Crippen MR) is 96.2 cm³/mol. The van der Waals surface area contributed by atoms with Crippen LogP contribution in [0, 0.1) is 0 Å². The number of hydrogen-bond donors (Lipinski definition) is 1. The van der Waals surface area contributed by atoms with E-state index in [-0.39, 0.29) is 0 Å². The number of nitrogens with one attached hydrogen (secondary N) is 1. The lowest BCUT2D eigenvalue weighted by Gasteiger charge is -2.17. The summed E-state index contributed by atoms with van der Waals surface area (Å²) in [7, 11) is 2.05. The van der Waals surface area contributed by atoms with Crippen LogP contribution < -0.4 is 5.32 Å². The Balaban J connectivity index is 1.84. The summed E-state index contributed by atoms with van der Waals surface area (Å²) in [6.45, 7) is 0. The van der Waals surface area contributed by atoms with Crippen molar-refractivity contribution in [1.82, 2.24) is 5.32 Å². The molecule has 1 atom stereocenters. The topological polar surface area (TPSA) is 12.0 Å². The smallest absolute Gasteiger partial charge is 0.0314 e. The molecule has 108 valence electrons. The molecular weight excluding hydrogens is 342 g/mol. The lowest BCUT2D eigenvalue weighted by Crippen LogP contribution is -2.29. The zero-order chi connectivity index (χ0) is 14.7. The number of fused-ring (bicyclic) bond motifs is 1. The Morgan fingerprint density at radius 3 is 2.62 bits per heavy atom. The van der Waals surface area contributed by atoms with Crippen molar-refractivity contribution >= 4 is 38.0 Å². The molecule has 3 aromatic rings. The molecule has 0 saturated carbocycles. The Kier molecular flexibility index (Phi) is 4.73. The summed E-state index contributed by atoms with van der Waals surface area (Å²) in [4.78, 5) is 1.41. The second-order valence-electron chi connectivity index (χ2n) is 5.22. The van der Waals surface area contributed by atoms with E-state index in [0.29, 0.717) is 6.04 Å². The Hall–Kier alpha value is -1.16. The zero-order valence-electron chi connectivity index (χ0n) is 12.0. The van der Waals surface area contributed by atoms with Gasteiger partial charge in [0.15, 0.2) is 0 Å². The number of thiophene rings is 1. The molecule has 2 aromatic carbocycles. The summed E-state index contributed by atoms with van der Waals surface area (Å²) in [5, 5.41) is 8.30. The maximum atomic E-state index is 3.63. The molecule has 1 heterocycles. The van der Waals surface area contributed by atoms with Crippen molar-refractivity contribution in [2.75, 3.05) is 7.05 Å². The SMILES string of the molecule is CNC(Cc1sccc1Br)Cc1cccc2ccccc12. The van der Waals surface area contributed by atoms with Crippen molar-refractivity contribution in [3.8, 4) is 0 Å². The first-order chi connectivity index (χ1) is 10.3. The van der Waals surface area contributed by atoms with E-state index in [1.54, 1.807) is 0 Å². The average molecular weight is 360 g/mol. The lowest BCUT2D eigenvalue weighted by atomic mass is 9.97. The zero-order valence-corrected chi connectivity index (χ0v) is 14.4. The molecule has 0 saturated heterocycles. The van der Waals surface area contributed by atoms with Crippen LogP contribution in [-0.4, -0.2) is 13.1 Å². The summed E-state index contributed by atoms with van der Waals surface area (Å²) in [5.74, 6) is 0. The molecular formula is C18H18BrNS. The maximum absolute atomic E-state index is 3.63. The quantitative estimate of drug-likeness (QED) is 0.672. The van der Waals surface area contributed by atoms with Gasteiger partial charge in [0.05, 0.1) is 0 Å².